The van der Waals surface area contributed by atoms with Gasteiger partial charge in [-0.05, 0) is 24.3 Å². The van der Waals surface area contributed by atoms with E-state index in [2.05, 4.69) is 5.32 Å². The summed E-state index contributed by atoms with van der Waals surface area (Å²) in [6.45, 7) is 0. The van der Waals surface area contributed by atoms with E-state index in [1.165, 1.54) is 0 Å². The van der Waals surface area contributed by atoms with Crippen LogP contribution in [0.15, 0.2) is 77.2 Å². The average molecular weight is 263 g/mol. The van der Waals surface area contributed by atoms with Gasteiger partial charge in [0.2, 0.25) is 0 Å². The van der Waals surface area contributed by atoms with E-state index in [0.29, 0.717) is 11.5 Å². The number of carbonyl (C=O) groups is 1. The molecule has 0 atom stereocenters. The lowest BCUT2D eigenvalue weighted by Gasteiger charge is -2.02. The molecular weight excluding hydrogens is 250 g/mol. The first-order chi connectivity index (χ1) is 9.83. The highest BCUT2D eigenvalue weighted by Gasteiger charge is 2.12. The van der Waals surface area contributed by atoms with Gasteiger partial charge in [0.25, 0.3) is 5.91 Å². The number of rotatable bonds is 3. The second-order valence-electron chi connectivity index (χ2n) is 4.35. The maximum atomic E-state index is 12.1. The maximum Gasteiger partial charge on any atom is 0.291 e. The molecule has 98 valence electrons. The van der Waals surface area contributed by atoms with Crippen LogP contribution in [0.1, 0.15) is 10.6 Å². The van der Waals surface area contributed by atoms with E-state index in [0.717, 1.165) is 11.3 Å². The molecular formula is C17H13NO2. The Morgan fingerprint density at radius 3 is 2.15 bits per heavy atom. The first-order valence-electron chi connectivity index (χ1n) is 6.34. The minimum atomic E-state index is -0.251. The number of carbonyl (C=O) groups excluding carboxylic acids is 1. The summed E-state index contributed by atoms with van der Waals surface area (Å²) in [5, 5.41) is 2.79. The van der Waals surface area contributed by atoms with Gasteiger partial charge in [-0.15, -0.1) is 0 Å². The molecule has 0 radical (unpaired) electrons. The van der Waals surface area contributed by atoms with E-state index in [1.54, 1.807) is 12.1 Å². The van der Waals surface area contributed by atoms with Crippen LogP contribution in [-0.4, -0.2) is 5.91 Å². The summed E-state index contributed by atoms with van der Waals surface area (Å²) in [6, 6.07) is 22.5. The second-order valence-corrected chi connectivity index (χ2v) is 4.35. The van der Waals surface area contributed by atoms with E-state index < -0.39 is 0 Å². The molecule has 1 N–H and O–H groups in total. The molecule has 20 heavy (non-hydrogen) atoms. The van der Waals surface area contributed by atoms with Gasteiger partial charge in [-0.1, -0.05) is 48.5 Å². The van der Waals surface area contributed by atoms with Crippen LogP contribution in [-0.2, 0) is 0 Å². The van der Waals surface area contributed by atoms with Crippen molar-refractivity contribution in [2.24, 2.45) is 0 Å². The summed E-state index contributed by atoms with van der Waals surface area (Å²) in [5.74, 6) is 0.731. The zero-order chi connectivity index (χ0) is 13.8. The van der Waals surface area contributed by atoms with Gasteiger partial charge in [0.05, 0.1) is 0 Å². The molecule has 3 aromatic rings. The number of benzene rings is 2. The fourth-order valence-electron chi connectivity index (χ4n) is 1.93. The number of hydrogen-bond acceptors (Lipinski definition) is 2. The summed E-state index contributed by atoms with van der Waals surface area (Å²) in [7, 11) is 0. The monoisotopic (exact) mass is 263 g/mol. The summed E-state index contributed by atoms with van der Waals surface area (Å²) in [5.41, 5.74) is 1.70. The third-order valence-electron chi connectivity index (χ3n) is 2.92. The van der Waals surface area contributed by atoms with Gasteiger partial charge in [-0.25, -0.2) is 0 Å². The Morgan fingerprint density at radius 2 is 1.45 bits per heavy atom. The molecule has 0 saturated carbocycles. The highest BCUT2D eigenvalue weighted by atomic mass is 16.3. The predicted octanol–water partition coefficient (Wildman–Crippen LogP) is 4.20. The Hall–Kier alpha value is -2.81. The largest absolute Gasteiger partial charge is 0.451 e. The van der Waals surface area contributed by atoms with Gasteiger partial charge in [-0.3, -0.25) is 4.79 Å². The van der Waals surface area contributed by atoms with E-state index in [1.807, 2.05) is 60.7 Å². The van der Waals surface area contributed by atoms with E-state index in [-0.39, 0.29) is 5.91 Å². The lowest BCUT2D eigenvalue weighted by molar-refractivity contribution is 0.0997. The Kier molecular flexibility index (Phi) is 3.33. The number of para-hydroxylation sites is 1. The number of nitrogens with one attached hydrogen (secondary N) is 1. The highest BCUT2D eigenvalue weighted by Crippen LogP contribution is 2.22. The van der Waals surface area contributed by atoms with Crippen LogP contribution >= 0.6 is 0 Å². The van der Waals surface area contributed by atoms with Crippen LogP contribution < -0.4 is 5.32 Å². The van der Waals surface area contributed by atoms with Gasteiger partial charge in [0.1, 0.15) is 5.76 Å². The first-order valence-corrected chi connectivity index (χ1v) is 6.34. The van der Waals surface area contributed by atoms with Crippen molar-refractivity contribution < 1.29 is 9.21 Å². The van der Waals surface area contributed by atoms with Crippen molar-refractivity contribution in [3.8, 4) is 11.3 Å². The van der Waals surface area contributed by atoms with Crippen molar-refractivity contribution in [3.05, 3.63) is 78.6 Å². The van der Waals surface area contributed by atoms with Crippen molar-refractivity contribution in [2.45, 2.75) is 0 Å². The van der Waals surface area contributed by atoms with Crippen LogP contribution in [0.5, 0.6) is 0 Å². The van der Waals surface area contributed by atoms with Crippen molar-refractivity contribution in [1.82, 2.24) is 0 Å². The molecule has 0 unspecified atom stereocenters. The van der Waals surface area contributed by atoms with Crippen LogP contribution in [0.25, 0.3) is 11.3 Å². The third kappa shape index (κ3) is 2.62. The SMILES string of the molecule is O=C(Nc1ccccc1)c1ccc(-c2ccccc2)o1. The molecule has 0 aliphatic carbocycles. The Bertz CT molecular complexity index is 702. The smallest absolute Gasteiger partial charge is 0.291 e. The molecule has 2 aromatic carbocycles. The molecule has 0 fully saturated rings. The van der Waals surface area contributed by atoms with Crippen LogP contribution in [0.4, 0.5) is 5.69 Å². The van der Waals surface area contributed by atoms with Gasteiger partial charge >= 0.3 is 0 Å². The first kappa shape index (κ1) is 12.2. The standard InChI is InChI=1S/C17H13NO2/c19-17(18-14-9-5-2-6-10-14)16-12-11-15(20-16)13-7-3-1-4-8-13/h1-12H,(H,18,19). The van der Waals surface area contributed by atoms with Crippen molar-refractivity contribution in [1.29, 1.82) is 0 Å². The molecule has 3 nitrogen and oxygen atoms in total. The molecule has 0 bridgehead atoms. The fraction of sp³-hybridized carbons (Fsp3) is 0. The minimum Gasteiger partial charge on any atom is -0.451 e. The summed E-state index contributed by atoms with van der Waals surface area (Å²) < 4.78 is 5.59. The highest BCUT2D eigenvalue weighted by molar-refractivity contribution is 6.02. The lowest BCUT2D eigenvalue weighted by atomic mass is 10.2. The number of anilines is 1. The normalized spacial score (nSPS) is 10.2. The van der Waals surface area contributed by atoms with Crippen LogP contribution in [0.3, 0.4) is 0 Å². The van der Waals surface area contributed by atoms with Crippen molar-refractivity contribution in [3.63, 3.8) is 0 Å². The topological polar surface area (TPSA) is 42.2 Å². The van der Waals surface area contributed by atoms with Gasteiger partial charge in [0, 0.05) is 11.3 Å². The Balaban J connectivity index is 1.79. The summed E-state index contributed by atoms with van der Waals surface area (Å²) >= 11 is 0. The zero-order valence-corrected chi connectivity index (χ0v) is 10.7. The predicted molar refractivity (Wildman–Crippen MR) is 78.5 cm³/mol. The molecule has 1 aromatic heterocycles. The molecule has 3 heteroatoms. The fourth-order valence-corrected chi connectivity index (χ4v) is 1.93. The lowest BCUT2D eigenvalue weighted by Crippen LogP contribution is -2.10. The number of amides is 1. The van der Waals surface area contributed by atoms with Crippen LogP contribution in [0, 0.1) is 0 Å². The average Bonchev–Trinajstić information content (AvgIpc) is 2.99. The molecule has 0 spiro atoms. The van der Waals surface area contributed by atoms with Gasteiger partial charge < -0.3 is 9.73 Å². The minimum absolute atomic E-state index is 0.251. The zero-order valence-electron chi connectivity index (χ0n) is 10.7. The quantitative estimate of drug-likeness (QED) is 0.769. The number of hydrogen-bond donors (Lipinski definition) is 1. The second kappa shape index (κ2) is 5.45. The van der Waals surface area contributed by atoms with E-state index in [4.69, 9.17) is 4.42 Å². The molecule has 0 saturated heterocycles. The molecule has 3 rings (SSSR count). The number of furan rings is 1. The van der Waals surface area contributed by atoms with E-state index >= 15 is 0 Å². The molecule has 0 aliphatic rings. The summed E-state index contributed by atoms with van der Waals surface area (Å²) in [4.78, 5) is 12.1. The van der Waals surface area contributed by atoms with Crippen molar-refractivity contribution in [2.75, 3.05) is 5.32 Å². The van der Waals surface area contributed by atoms with Crippen LogP contribution in [0.2, 0.25) is 0 Å². The Morgan fingerprint density at radius 1 is 0.800 bits per heavy atom. The molecule has 1 amide bonds. The molecule has 0 aliphatic heterocycles. The molecule has 1 heterocycles. The Labute approximate surface area is 116 Å². The van der Waals surface area contributed by atoms with Gasteiger partial charge in [-0.2, -0.15) is 0 Å². The summed E-state index contributed by atoms with van der Waals surface area (Å²) in [6.07, 6.45) is 0. The van der Waals surface area contributed by atoms with E-state index in [9.17, 15) is 4.79 Å². The van der Waals surface area contributed by atoms with Crippen molar-refractivity contribution >= 4 is 11.6 Å². The third-order valence-corrected chi connectivity index (χ3v) is 2.92. The maximum absolute atomic E-state index is 12.1. The van der Waals surface area contributed by atoms with Gasteiger partial charge in [0.15, 0.2) is 5.76 Å².